The molecule has 2 aromatic carbocycles. The molecule has 49 heavy (non-hydrogen) atoms. The number of anilines is 1. The molecule has 8 nitrogen and oxygen atoms in total. The van der Waals surface area contributed by atoms with E-state index in [-0.39, 0.29) is 56.9 Å². The van der Waals surface area contributed by atoms with Gasteiger partial charge in [0.2, 0.25) is 0 Å². The summed E-state index contributed by atoms with van der Waals surface area (Å²) in [5.74, 6) is 0.604. The van der Waals surface area contributed by atoms with E-state index in [9.17, 15) is 9.50 Å². The van der Waals surface area contributed by atoms with Crippen molar-refractivity contribution in [3.05, 3.63) is 47.0 Å². The van der Waals surface area contributed by atoms with E-state index in [2.05, 4.69) is 26.0 Å². The van der Waals surface area contributed by atoms with Crippen LogP contribution < -0.4 is 20.7 Å². The van der Waals surface area contributed by atoms with Gasteiger partial charge >= 0.3 is 6.01 Å². The highest BCUT2D eigenvalue weighted by Gasteiger charge is 2.48. The first-order chi connectivity index (χ1) is 23.7. The van der Waals surface area contributed by atoms with Gasteiger partial charge in [-0.1, -0.05) is 5.92 Å². The van der Waals surface area contributed by atoms with Crippen molar-refractivity contribution in [3.8, 4) is 35.2 Å². The van der Waals surface area contributed by atoms with Crippen molar-refractivity contribution in [1.29, 1.82) is 0 Å². The summed E-state index contributed by atoms with van der Waals surface area (Å²) in [7, 11) is 0. The van der Waals surface area contributed by atoms with E-state index in [4.69, 9.17) is 21.9 Å². The number of fused-ring (bicyclic) bond motifs is 3. The number of phenols is 1. The number of piperazine rings is 1. The van der Waals surface area contributed by atoms with E-state index >= 15 is 8.78 Å². The van der Waals surface area contributed by atoms with Crippen LogP contribution in [-0.2, 0) is 6.67 Å². The van der Waals surface area contributed by atoms with Gasteiger partial charge in [0.05, 0.1) is 12.2 Å². The molecule has 1 aromatic heterocycles. The Morgan fingerprint density at radius 2 is 1.82 bits per heavy atom. The molecule has 0 radical (unpaired) electrons. The van der Waals surface area contributed by atoms with Gasteiger partial charge in [-0.2, -0.15) is 9.97 Å². The maximum atomic E-state index is 16.8. The molecule has 3 saturated heterocycles. The average Bonchev–Trinajstić information content (AvgIpc) is 3.76. The third-order valence-corrected chi connectivity index (χ3v) is 11.7. The second-order valence-electron chi connectivity index (χ2n) is 15.2. The summed E-state index contributed by atoms with van der Waals surface area (Å²) in [6, 6.07) is 4.61. The number of likely N-dealkylation sites (tertiary alicyclic amines) is 1. The zero-order chi connectivity index (χ0) is 33.9. The van der Waals surface area contributed by atoms with Crippen LogP contribution in [0.4, 0.5) is 19.0 Å². The van der Waals surface area contributed by atoms with Crippen LogP contribution in [0.15, 0.2) is 24.3 Å². The molecule has 5 aliphatic rings. The number of phenolic OH excluding ortho intramolecular Hbond substituents is 1. The topological polar surface area (TPSA) is 99.8 Å². The van der Waals surface area contributed by atoms with Crippen LogP contribution in [0.25, 0.3) is 28.1 Å². The lowest BCUT2D eigenvalue weighted by atomic mass is 9.60. The van der Waals surface area contributed by atoms with Crippen LogP contribution in [-0.4, -0.2) is 77.4 Å². The summed E-state index contributed by atoms with van der Waals surface area (Å²) >= 11 is 0. The van der Waals surface area contributed by atoms with E-state index < -0.39 is 23.9 Å². The van der Waals surface area contributed by atoms with Crippen LogP contribution in [0, 0.1) is 34.8 Å². The number of aromatic nitrogens is 2. The van der Waals surface area contributed by atoms with Crippen molar-refractivity contribution in [3.63, 3.8) is 0 Å². The molecule has 0 amide bonds. The standard InChI is InChI=1S/C38H43F3N6O2/c1-2-3-4-23-13-27(48)14-28(30(23)18-39)32-31(40)15-29-34(33(32)41)44-36(45-35(29)47-19-25-5-6-26(20-47)43-25)49-22-38(7-8-38)21-46-11-9-37(10-12-46)16-24(42)17-37/h1,3-4,13-15,24-26,43,48H,5-12,16-22,42H2/b4-3-. The minimum absolute atomic E-state index is 0.00495. The molecule has 2 saturated carbocycles. The van der Waals surface area contributed by atoms with Crippen molar-refractivity contribution in [1.82, 2.24) is 20.2 Å². The summed E-state index contributed by atoms with van der Waals surface area (Å²) in [5.41, 5.74) is 6.07. The summed E-state index contributed by atoms with van der Waals surface area (Å²) < 4.78 is 53.7. The minimum Gasteiger partial charge on any atom is -0.508 e. The summed E-state index contributed by atoms with van der Waals surface area (Å²) in [5, 5.41) is 14.3. The maximum Gasteiger partial charge on any atom is 0.319 e. The van der Waals surface area contributed by atoms with Gasteiger partial charge in [0.25, 0.3) is 0 Å². The smallest absolute Gasteiger partial charge is 0.319 e. The van der Waals surface area contributed by atoms with E-state index in [0.717, 1.165) is 58.2 Å². The fraction of sp³-hybridized carbons (Fsp3) is 0.526. The van der Waals surface area contributed by atoms with Crippen LogP contribution in [0.5, 0.6) is 11.8 Å². The van der Waals surface area contributed by atoms with E-state index in [1.165, 1.54) is 43.2 Å². The molecule has 5 fully saturated rings. The molecule has 3 aromatic rings. The van der Waals surface area contributed by atoms with Crippen LogP contribution in [0.3, 0.4) is 0 Å². The van der Waals surface area contributed by atoms with Crippen molar-refractivity contribution in [2.45, 2.75) is 76.2 Å². The lowest BCUT2D eigenvalue weighted by molar-refractivity contribution is 0.00831. The summed E-state index contributed by atoms with van der Waals surface area (Å²) in [4.78, 5) is 14.0. The molecule has 4 heterocycles. The number of alkyl halides is 1. The van der Waals surface area contributed by atoms with Crippen molar-refractivity contribution in [2.24, 2.45) is 16.6 Å². The molecule has 11 heteroatoms. The Morgan fingerprint density at radius 1 is 1.08 bits per heavy atom. The average molecular weight is 673 g/mol. The fourth-order valence-corrected chi connectivity index (χ4v) is 8.88. The quantitative estimate of drug-likeness (QED) is 0.249. The highest BCUT2D eigenvalue weighted by molar-refractivity contribution is 5.94. The van der Waals surface area contributed by atoms with Gasteiger partial charge in [-0.25, -0.2) is 13.2 Å². The molecular weight excluding hydrogens is 629 g/mol. The maximum absolute atomic E-state index is 16.8. The van der Waals surface area contributed by atoms with Gasteiger partial charge < -0.3 is 30.7 Å². The molecule has 8 rings (SSSR count). The molecule has 3 aliphatic heterocycles. The van der Waals surface area contributed by atoms with E-state index in [1.807, 2.05) is 0 Å². The Balaban J connectivity index is 1.13. The van der Waals surface area contributed by atoms with Gasteiger partial charge in [-0.3, -0.25) is 0 Å². The molecular formula is C38H43F3N6O2. The van der Waals surface area contributed by atoms with E-state index in [1.54, 1.807) is 0 Å². The van der Waals surface area contributed by atoms with Crippen LogP contribution >= 0.6 is 0 Å². The molecule has 258 valence electrons. The zero-order valence-electron chi connectivity index (χ0n) is 27.7. The number of rotatable bonds is 9. The first-order valence-corrected chi connectivity index (χ1v) is 17.5. The van der Waals surface area contributed by atoms with Crippen molar-refractivity contribution >= 4 is 22.8 Å². The predicted molar refractivity (Wildman–Crippen MR) is 184 cm³/mol. The number of nitrogens with zero attached hydrogens (tertiary/aromatic N) is 4. The monoisotopic (exact) mass is 672 g/mol. The minimum atomic E-state index is -1.03. The largest absolute Gasteiger partial charge is 0.508 e. The zero-order valence-corrected chi connectivity index (χ0v) is 27.7. The van der Waals surface area contributed by atoms with Gasteiger partial charge in [0, 0.05) is 48.6 Å². The number of allylic oxidation sites excluding steroid dienone is 1. The number of aromatic hydroxyl groups is 1. The van der Waals surface area contributed by atoms with Gasteiger partial charge in [-0.05, 0) is 117 Å². The Morgan fingerprint density at radius 3 is 2.47 bits per heavy atom. The van der Waals surface area contributed by atoms with Gasteiger partial charge in [-0.15, -0.1) is 6.42 Å². The Labute approximate surface area is 284 Å². The lowest BCUT2D eigenvalue weighted by Crippen LogP contribution is -2.52. The molecule has 2 aliphatic carbocycles. The highest BCUT2D eigenvalue weighted by Crippen LogP contribution is 2.51. The molecule has 2 unspecified atom stereocenters. The normalized spacial score (nSPS) is 24.4. The second-order valence-corrected chi connectivity index (χ2v) is 15.2. The Kier molecular flexibility index (Phi) is 8.24. The molecule has 4 N–H and O–H groups in total. The Hall–Kier alpha value is -3.85. The van der Waals surface area contributed by atoms with Gasteiger partial charge in [0.15, 0.2) is 5.82 Å². The lowest BCUT2D eigenvalue weighted by Gasteiger charge is -2.51. The van der Waals surface area contributed by atoms with Gasteiger partial charge in [0.1, 0.15) is 29.6 Å². The van der Waals surface area contributed by atoms with Crippen LogP contribution in [0.2, 0.25) is 0 Å². The number of halogens is 3. The highest BCUT2D eigenvalue weighted by atomic mass is 19.1. The fourth-order valence-electron chi connectivity index (χ4n) is 8.88. The number of ether oxygens (including phenoxy) is 1. The first kappa shape index (κ1) is 32.4. The molecule has 2 bridgehead atoms. The third-order valence-electron chi connectivity index (χ3n) is 11.7. The molecule has 2 atom stereocenters. The number of hydrogen-bond acceptors (Lipinski definition) is 8. The van der Waals surface area contributed by atoms with Crippen LogP contribution in [0.1, 0.15) is 62.5 Å². The van der Waals surface area contributed by atoms with Crippen molar-refractivity contribution < 1.29 is 23.0 Å². The summed E-state index contributed by atoms with van der Waals surface area (Å²) in [6.45, 7) is 3.70. The summed E-state index contributed by atoms with van der Waals surface area (Å²) in [6.07, 6.45) is 16.9. The Bertz CT molecular complexity index is 1830. The second kappa shape index (κ2) is 12.5. The number of nitrogens with one attached hydrogen (secondary N) is 1. The number of terminal acetylenes is 1. The number of benzene rings is 2. The SMILES string of the molecule is C#C/C=C\c1cc(O)cc(-c2c(F)cc3c(N4CC5CCC(C4)N5)nc(OCC4(CN5CCC6(CC5)CC(N)C6)CC4)nc3c2F)c1CF. The molecule has 1 spiro atoms. The third kappa shape index (κ3) is 6.13. The number of nitrogens with two attached hydrogens (primary N) is 1. The number of piperidine rings is 1. The van der Waals surface area contributed by atoms with E-state index in [0.29, 0.717) is 37.0 Å². The predicted octanol–water partition coefficient (Wildman–Crippen LogP) is 5.70. The first-order valence-electron chi connectivity index (χ1n) is 17.5. The van der Waals surface area contributed by atoms with Crippen molar-refractivity contribution in [2.75, 3.05) is 44.2 Å². The number of hydrogen-bond donors (Lipinski definition) is 3.